The molecule has 0 fully saturated rings. The second-order valence-electron chi connectivity index (χ2n) is 5.94. The van der Waals surface area contributed by atoms with Crippen molar-refractivity contribution in [2.75, 3.05) is 5.32 Å². The van der Waals surface area contributed by atoms with Crippen LogP contribution >= 0.6 is 11.8 Å². The third-order valence-corrected chi connectivity index (χ3v) is 4.87. The minimum atomic E-state index is -0.708. The van der Waals surface area contributed by atoms with Crippen LogP contribution in [0.25, 0.3) is 0 Å². The Balaban J connectivity index is 1.60. The van der Waals surface area contributed by atoms with Crippen LogP contribution in [0.15, 0.2) is 58.6 Å². The van der Waals surface area contributed by atoms with Crippen molar-refractivity contribution < 1.29 is 9.72 Å². The van der Waals surface area contributed by atoms with Crippen molar-refractivity contribution in [3.63, 3.8) is 0 Å². The van der Waals surface area contributed by atoms with Crippen LogP contribution in [-0.2, 0) is 11.3 Å². The van der Waals surface area contributed by atoms with Crippen LogP contribution in [0.1, 0.15) is 11.1 Å². The van der Waals surface area contributed by atoms with Crippen LogP contribution in [0.3, 0.4) is 0 Å². The first kappa shape index (κ1) is 18.6. The van der Waals surface area contributed by atoms with Gasteiger partial charge in [-0.25, -0.2) is 0 Å². The summed E-state index contributed by atoms with van der Waals surface area (Å²) in [6.45, 7) is 3.98. The van der Waals surface area contributed by atoms with Crippen molar-refractivity contribution in [3.8, 4) is 0 Å². The molecule has 0 aliphatic carbocycles. The molecular formula is C18H17N5O3S. The SMILES string of the molecule is Cc1ccc(C)c(Sc2ccc(NC(=O)Cn3cnc([N+](=O)[O-])n3)cc2)c1. The molecule has 0 bridgehead atoms. The van der Waals surface area contributed by atoms with E-state index in [1.54, 1.807) is 11.8 Å². The summed E-state index contributed by atoms with van der Waals surface area (Å²) in [5, 5.41) is 16.9. The van der Waals surface area contributed by atoms with Crippen LogP contribution in [0.4, 0.5) is 11.6 Å². The van der Waals surface area contributed by atoms with Crippen LogP contribution < -0.4 is 5.32 Å². The molecule has 1 heterocycles. The summed E-state index contributed by atoms with van der Waals surface area (Å²) in [5.74, 6) is -0.875. The lowest BCUT2D eigenvalue weighted by atomic mass is 10.2. The van der Waals surface area contributed by atoms with Gasteiger partial charge in [0.2, 0.25) is 12.2 Å². The number of benzene rings is 2. The molecule has 1 aromatic heterocycles. The zero-order valence-corrected chi connectivity index (χ0v) is 15.6. The monoisotopic (exact) mass is 383 g/mol. The van der Waals surface area contributed by atoms with E-state index in [0.29, 0.717) is 5.69 Å². The van der Waals surface area contributed by atoms with E-state index in [0.717, 1.165) is 15.9 Å². The molecule has 3 aromatic rings. The maximum Gasteiger partial charge on any atom is 0.490 e. The van der Waals surface area contributed by atoms with Gasteiger partial charge in [-0.1, -0.05) is 28.9 Å². The van der Waals surface area contributed by atoms with E-state index in [9.17, 15) is 14.9 Å². The number of aryl methyl sites for hydroxylation is 2. The fraction of sp³-hybridized carbons (Fsp3) is 0.167. The predicted octanol–water partition coefficient (Wildman–Crippen LogP) is 3.59. The summed E-state index contributed by atoms with van der Waals surface area (Å²) < 4.78 is 1.12. The van der Waals surface area contributed by atoms with Gasteiger partial charge in [0.15, 0.2) is 0 Å². The summed E-state index contributed by atoms with van der Waals surface area (Å²) >= 11 is 1.67. The normalized spacial score (nSPS) is 10.6. The number of nitro groups is 1. The Bertz CT molecular complexity index is 985. The number of anilines is 1. The molecule has 0 aliphatic heterocycles. The zero-order valence-electron chi connectivity index (χ0n) is 14.7. The predicted molar refractivity (Wildman–Crippen MR) is 102 cm³/mol. The molecule has 0 unspecified atom stereocenters. The van der Waals surface area contributed by atoms with Crippen LogP contribution in [0.2, 0.25) is 0 Å². The van der Waals surface area contributed by atoms with Crippen LogP contribution in [0.5, 0.6) is 0 Å². The molecule has 0 spiro atoms. The number of carbonyl (C=O) groups excluding carboxylic acids is 1. The maximum atomic E-state index is 12.0. The van der Waals surface area contributed by atoms with E-state index in [2.05, 4.69) is 47.4 Å². The molecule has 0 saturated carbocycles. The van der Waals surface area contributed by atoms with Gasteiger partial charge in [-0.3, -0.25) is 4.79 Å². The van der Waals surface area contributed by atoms with Gasteiger partial charge in [0.05, 0.1) is 0 Å². The molecular weight excluding hydrogens is 366 g/mol. The quantitative estimate of drug-likeness (QED) is 0.515. The van der Waals surface area contributed by atoms with E-state index in [4.69, 9.17) is 0 Å². The van der Waals surface area contributed by atoms with Gasteiger partial charge in [0.1, 0.15) is 6.54 Å². The summed E-state index contributed by atoms with van der Waals surface area (Å²) in [7, 11) is 0. The molecule has 138 valence electrons. The Morgan fingerprint density at radius 2 is 1.96 bits per heavy atom. The second-order valence-corrected chi connectivity index (χ2v) is 7.06. The minimum absolute atomic E-state index is 0.153. The van der Waals surface area contributed by atoms with Gasteiger partial charge in [-0.2, -0.15) is 4.68 Å². The lowest BCUT2D eigenvalue weighted by Gasteiger charge is -2.08. The van der Waals surface area contributed by atoms with Crippen molar-refractivity contribution in [2.24, 2.45) is 0 Å². The van der Waals surface area contributed by atoms with Crippen molar-refractivity contribution in [2.45, 2.75) is 30.2 Å². The van der Waals surface area contributed by atoms with Crippen molar-refractivity contribution in [1.82, 2.24) is 14.8 Å². The topological polar surface area (TPSA) is 103 Å². The maximum absolute atomic E-state index is 12.0. The fourth-order valence-corrected chi connectivity index (χ4v) is 3.34. The number of hydrogen-bond donors (Lipinski definition) is 1. The summed E-state index contributed by atoms with van der Waals surface area (Å²) in [5.41, 5.74) is 3.06. The number of carbonyl (C=O) groups is 1. The first-order valence-corrected chi connectivity index (χ1v) is 8.91. The molecule has 1 amide bonds. The van der Waals surface area contributed by atoms with Gasteiger partial charge in [0.25, 0.3) is 0 Å². The average molecular weight is 383 g/mol. The Morgan fingerprint density at radius 3 is 2.63 bits per heavy atom. The van der Waals surface area contributed by atoms with E-state index in [1.807, 2.05) is 24.3 Å². The highest BCUT2D eigenvalue weighted by molar-refractivity contribution is 7.99. The molecule has 9 heteroatoms. The van der Waals surface area contributed by atoms with Gasteiger partial charge in [0, 0.05) is 20.6 Å². The number of nitrogens with one attached hydrogen (secondary N) is 1. The molecule has 27 heavy (non-hydrogen) atoms. The number of hydrogen-bond acceptors (Lipinski definition) is 6. The fourth-order valence-electron chi connectivity index (χ4n) is 2.34. The highest BCUT2D eigenvalue weighted by atomic mass is 32.2. The number of amides is 1. The lowest BCUT2D eigenvalue weighted by Crippen LogP contribution is -2.19. The highest BCUT2D eigenvalue weighted by Gasteiger charge is 2.15. The van der Waals surface area contributed by atoms with Crippen molar-refractivity contribution in [1.29, 1.82) is 0 Å². The molecule has 3 rings (SSSR count). The number of nitrogens with zero attached hydrogens (tertiary/aromatic N) is 4. The molecule has 0 aliphatic rings. The first-order chi connectivity index (χ1) is 12.9. The third-order valence-electron chi connectivity index (χ3n) is 3.70. The summed E-state index contributed by atoms with van der Waals surface area (Å²) in [6, 6.07) is 13.8. The minimum Gasteiger partial charge on any atom is -0.390 e. The third kappa shape index (κ3) is 4.91. The Morgan fingerprint density at radius 1 is 1.22 bits per heavy atom. The average Bonchev–Trinajstić information content (AvgIpc) is 3.08. The Kier molecular flexibility index (Phi) is 5.51. The van der Waals surface area contributed by atoms with Gasteiger partial charge in [-0.05, 0) is 60.2 Å². The largest absolute Gasteiger partial charge is 0.490 e. The smallest absolute Gasteiger partial charge is 0.390 e. The van der Waals surface area contributed by atoms with Gasteiger partial charge in [-0.15, -0.1) is 0 Å². The highest BCUT2D eigenvalue weighted by Crippen LogP contribution is 2.31. The first-order valence-electron chi connectivity index (χ1n) is 8.09. The second kappa shape index (κ2) is 8.00. The van der Waals surface area contributed by atoms with Crippen LogP contribution in [0, 0.1) is 24.0 Å². The molecule has 0 radical (unpaired) electrons. The Labute approximate surface area is 159 Å². The molecule has 0 saturated heterocycles. The molecule has 1 N–H and O–H groups in total. The van der Waals surface area contributed by atoms with Crippen molar-refractivity contribution >= 4 is 29.3 Å². The molecule has 2 aromatic carbocycles. The van der Waals surface area contributed by atoms with Crippen LogP contribution in [-0.4, -0.2) is 25.6 Å². The number of aromatic nitrogens is 3. The zero-order chi connectivity index (χ0) is 19.4. The molecule has 0 atom stereocenters. The van der Waals surface area contributed by atoms with E-state index in [-0.39, 0.29) is 12.5 Å². The summed E-state index contributed by atoms with van der Waals surface area (Å²) in [4.78, 5) is 27.7. The van der Waals surface area contributed by atoms with Crippen molar-refractivity contribution in [3.05, 3.63) is 70.0 Å². The molecule has 8 nitrogen and oxygen atoms in total. The Hall–Kier alpha value is -3.20. The van der Waals surface area contributed by atoms with E-state index < -0.39 is 10.9 Å². The lowest BCUT2D eigenvalue weighted by molar-refractivity contribution is -0.394. The van der Waals surface area contributed by atoms with E-state index in [1.165, 1.54) is 16.0 Å². The van der Waals surface area contributed by atoms with E-state index >= 15 is 0 Å². The van der Waals surface area contributed by atoms with Gasteiger partial charge < -0.3 is 15.4 Å². The van der Waals surface area contributed by atoms with Gasteiger partial charge >= 0.3 is 5.95 Å². The summed E-state index contributed by atoms with van der Waals surface area (Å²) in [6.07, 6.45) is 1.15. The number of rotatable bonds is 6. The standard InChI is InChI=1S/C18H17N5O3S/c1-12-3-4-13(2)16(9-12)27-15-7-5-14(6-8-15)20-17(24)10-22-11-19-18(21-22)23(25)26/h3-9,11H,10H2,1-2H3,(H,20,24).